The molecule has 0 saturated carbocycles. The molecule has 1 aromatic carbocycles. The molecule has 25 heavy (non-hydrogen) atoms. The number of anilines is 2. The zero-order valence-corrected chi connectivity index (χ0v) is 15.5. The highest BCUT2D eigenvalue weighted by Gasteiger charge is 2.29. The molecule has 2 aliphatic heterocycles. The van der Waals surface area contributed by atoms with Crippen LogP contribution in [-0.4, -0.2) is 73.9 Å². The SMILES string of the molecule is COCCOCCS(=O)(=O)N1CCc2cc(N3CCOCC3)ccc21. The second kappa shape index (κ2) is 8.35. The molecule has 0 aromatic heterocycles. The van der Waals surface area contributed by atoms with Gasteiger partial charge in [0.2, 0.25) is 10.0 Å². The lowest BCUT2D eigenvalue weighted by Gasteiger charge is -2.29. The molecule has 3 rings (SSSR count). The first-order valence-electron chi connectivity index (χ1n) is 8.64. The van der Waals surface area contributed by atoms with Crippen LogP contribution in [0.4, 0.5) is 11.4 Å². The Labute approximate surface area is 149 Å². The fourth-order valence-corrected chi connectivity index (χ4v) is 4.58. The second-order valence-corrected chi connectivity index (χ2v) is 8.17. The summed E-state index contributed by atoms with van der Waals surface area (Å²) in [6.45, 7) is 4.79. The zero-order chi connectivity index (χ0) is 17.7. The Morgan fingerprint density at radius 1 is 1.12 bits per heavy atom. The van der Waals surface area contributed by atoms with Crippen molar-refractivity contribution >= 4 is 21.4 Å². The number of hydrogen-bond acceptors (Lipinski definition) is 6. The molecule has 7 nitrogen and oxygen atoms in total. The predicted octanol–water partition coefficient (Wildman–Crippen LogP) is 0.879. The lowest BCUT2D eigenvalue weighted by Crippen LogP contribution is -2.36. The Morgan fingerprint density at radius 3 is 2.68 bits per heavy atom. The van der Waals surface area contributed by atoms with Gasteiger partial charge in [-0.05, 0) is 30.2 Å². The van der Waals surface area contributed by atoms with E-state index < -0.39 is 10.0 Å². The van der Waals surface area contributed by atoms with Gasteiger partial charge >= 0.3 is 0 Å². The minimum atomic E-state index is -3.36. The first kappa shape index (κ1) is 18.4. The summed E-state index contributed by atoms with van der Waals surface area (Å²) in [6.07, 6.45) is 0.747. The molecule has 0 N–H and O–H groups in total. The first-order valence-corrected chi connectivity index (χ1v) is 10.3. The van der Waals surface area contributed by atoms with E-state index in [0.717, 1.165) is 49.7 Å². The standard InChI is InChI=1S/C17H26N2O5S/c1-22-10-11-24-12-13-25(20,21)19-5-4-15-14-16(2-3-17(15)19)18-6-8-23-9-7-18/h2-3,14H,4-13H2,1H3. The van der Waals surface area contributed by atoms with Gasteiger partial charge in [-0.3, -0.25) is 4.31 Å². The Bertz CT molecular complexity index is 674. The highest BCUT2D eigenvalue weighted by atomic mass is 32.2. The number of nitrogens with zero attached hydrogens (tertiary/aromatic N) is 2. The number of benzene rings is 1. The highest BCUT2D eigenvalue weighted by Crippen LogP contribution is 2.33. The summed E-state index contributed by atoms with van der Waals surface area (Å²) in [5.41, 5.74) is 3.03. The fourth-order valence-electron chi connectivity index (χ4n) is 3.18. The molecule has 0 atom stereocenters. The number of ether oxygens (including phenoxy) is 3. The Kier molecular flexibility index (Phi) is 6.16. The molecule has 2 aliphatic rings. The van der Waals surface area contributed by atoms with E-state index in [1.807, 2.05) is 12.1 Å². The van der Waals surface area contributed by atoms with Crippen LogP contribution in [-0.2, 0) is 30.7 Å². The third-order valence-electron chi connectivity index (χ3n) is 4.55. The van der Waals surface area contributed by atoms with E-state index in [1.165, 1.54) is 4.31 Å². The van der Waals surface area contributed by atoms with Crippen molar-refractivity contribution in [1.29, 1.82) is 0 Å². The van der Waals surface area contributed by atoms with Gasteiger partial charge in [0.25, 0.3) is 0 Å². The molecule has 0 unspecified atom stereocenters. The van der Waals surface area contributed by atoms with Gasteiger partial charge in [0.05, 0.1) is 44.5 Å². The van der Waals surface area contributed by atoms with Crippen molar-refractivity contribution in [2.24, 2.45) is 0 Å². The number of hydrogen-bond donors (Lipinski definition) is 0. The third kappa shape index (κ3) is 4.44. The van der Waals surface area contributed by atoms with Gasteiger partial charge in [0, 0.05) is 32.4 Å². The number of rotatable bonds is 8. The van der Waals surface area contributed by atoms with Crippen LogP contribution in [0.5, 0.6) is 0 Å². The van der Waals surface area contributed by atoms with Crippen LogP contribution in [0, 0.1) is 0 Å². The van der Waals surface area contributed by atoms with Crippen LogP contribution in [0.25, 0.3) is 0 Å². The Hall–Kier alpha value is -1.35. The van der Waals surface area contributed by atoms with Crippen molar-refractivity contribution in [2.45, 2.75) is 6.42 Å². The number of methoxy groups -OCH3 is 1. The average molecular weight is 370 g/mol. The molecule has 8 heteroatoms. The van der Waals surface area contributed by atoms with Crippen LogP contribution in [0.1, 0.15) is 5.56 Å². The zero-order valence-electron chi connectivity index (χ0n) is 14.6. The van der Waals surface area contributed by atoms with E-state index in [9.17, 15) is 8.42 Å². The lowest BCUT2D eigenvalue weighted by atomic mass is 10.1. The topological polar surface area (TPSA) is 68.3 Å². The van der Waals surface area contributed by atoms with Crippen molar-refractivity contribution in [1.82, 2.24) is 0 Å². The second-order valence-electron chi connectivity index (χ2n) is 6.16. The summed E-state index contributed by atoms with van der Waals surface area (Å²) in [6, 6.07) is 6.05. The summed E-state index contributed by atoms with van der Waals surface area (Å²) < 4.78 is 42.3. The maximum atomic E-state index is 12.6. The summed E-state index contributed by atoms with van der Waals surface area (Å²) in [5, 5.41) is 0. The average Bonchev–Trinajstić information content (AvgIpc) is 3.06. The largest absolute Gasteiger partial charge is 0.382 e. The van der Waals surface area contributed by atoms with Crippen LogP contribution >= 0.6 is 0 Å². The van der Waals surface area contributed by atoms with Gasteiger partial charge < -0.3 is 19.1 Å². The lowest BCUT2D eigenvalue weighted by molar-refractivity contribution is 0.0785. The van der Waals surface area contributed by atoms with Crippen molar-refractivity contribution in [3.63, 3.8) is 0 Å². The molecule has 0 radical (unpaired) electrons. The van der Waals surface area contributed by atoms with Crippen molar-refractivity contribution < 1.29 is 22.6 Å². The molecule has 1 saturated heterocycles. The van der Waals surface area contributed by atoms with Crippen LogP contribution in [0.15, 0.2) is 18.2 Å². The number of sulfonamides is 1. The van der Waals surface area contributed by atoms with E-state index in [0.29, 0.717) is 19.8 Å². The summed E-state index contributed by atoms with van der Waals surface area (Å²) >= 11 is 0. The van der Waals surface area contributed by atoms with E-state index >= 15 is 0 Å². The number of fused-ring (bicyclic) bond motifs is 1. The third-order valence-corrected chi connectivity index (χ3v) is 6.28. The van der Waals surface area contributed by atoms with E-state index in [4.69, 9.17) is 14.2 Å². The van der Waals surface area contributed by atoms with Gasteiger partial charge in [-0.15, -0.1) is 0 Å². The van der Waals surface area contributed by atoms with Crippen molar-refractivity contribution in [3.05, 3.63) is 23.8 Å². The molecule has 2 heterocycles. The molecule has 1 aromatic rings. The number of morpholine rings is 1. The van der Waals surface area contributed by atoms with Gasteiger partial charge in [0.1, 0.15) is 0 Å². The van der Waals surface area contributed by atoms with Gasteiger partial charge in [0.15, 0.2) is 0 Å². The smallest absolute Gasteiger partial charge is 0.237 e. The monoisotopic (exact) mass is 370 g/mol. The molecule has 140 valence electrons. The first-order chi connectivity index (χ1) is 12.1. The summed E-state index contributed by atoms with van der Waals surface area (Å²) in [5.74, 6) is -0.0125. The molecule has 1 fully saturated rings. The molecule has 0 spiro atoms. The summed E-state index contributed by atoms with van der Waals surface area (Å²) in [4.78, 5) is 2.28. The van der Waals surface area contributed by atoms with Crippen LogP contribution < -0.4 is 9.21 Å². The van der Waals surface area contributed by atoms with E-state index in [-0.39, 0.29) is 12.4 Å². The normalized spacial score (nSPS) is 17.8. The molecular formula is C17H26N2O5S. The van der Waals surface area contributed by atoms with Crippen molar-refractivity contribution in [3.8, 4) is 0 Å². The van der Waals surface area contributed by atoms with Gasteiger partial charge in [-0.2, -0.15) is 0 Å². The minimum Gasteiger partial charge on any atom is -0.382 e. The predicted molar refractivity (Wildman–Crippen MR) is 97.0 cm³/mol. The fraction of sp³-hybridized carbons (Fsp3) is 0.647. The van der Waals surface area contributed by atoms with Crippen molar-refractivity contribution in [2.75, 3.05) is 74.7 Å². The van der Waals surface area contributed by atoms with Gasteiger partial charge in [-0.1, -0.05) is 0 Å². The maximum absolute atomic E-state index is 12.6. The van der Waals surface area contributed by atoms with Crippen LogP contribution in [0.3, 0.4) is 0 Å². The van der Waals surface area contributed by atoms with Crippen LogP contribution in [0.2, 0.25) is 0 Å². The van der Waals surface area contributed by atoms with E-state index in [2.05, 4.69) is 11.0 Å². The Balaban J connectivity index is 1.64. The maximum Gasteiger partial charge on any atom is 0.237 e. The van der Waals surface area contributed by atoms with E-state index in [1.54, 1.807) is 7.11 Å². The molecule has 0 amide bonds. The van der Waals surface area contributed by atoms with Gasteiger partial charge in [-0.25, -0.2) is 8.42 Å². The molecule has 0 bridgehead atoms. The quantitative estimate of drug-likeness (QED) is 0.633. The molecular weight excluding hydrogens is 344 g/mol. The Morgan fingerprint density at radius 2 is 1.92 bits per heavy atom. The highest BCUT2D eigenvalue weighted by molar-refractivity contribution is 7.92. The molecule has 0 aliphatic carbocycles. The minimum absolute atomic E-state index is 0.0125. The summed E-state index contributed by atoms with van der Waals surface area (Å²) in [7, 11) is -1.77.